The number of nitrogens with one attached hydrogen (secondary N) is 1. The molecule has 2 aliphatic rings. The molecular weight excluding hydrogens is 254 g/mol. The van der Waals surface area contributed by atoms with Gasteiger partial charge >= 0.3 is 0 Å². The maximum absolute atomic E-state index is 11.8. The third-order valence-corrected chi connectivity index (χ3v) is 4.86. The Labute approximate surface area is 122 Å². The largest absolute Gasteiger partial charge is 0.377 e. The first-order chi connectivity index (χ1) is 9.61. The topological polar surface area (TPSA) is 67.6 Å². The van der Waals surface area contributed by atoms with Crippen molar-refractivity contribution in [2.45, 2.75) is 63.6 Å². The number of carbonyl (C=O) groups is 1. The summed E-state index contributed by atoms with van der Waals surface area (Å²) < 4.78 is 5.74. The minimum atomic E-state index is -0.497. The van der Waals surface area contributed by atoms with Gasteiger partial charge in [-0.2, -0.15) is 0 Å². The van der Waals surface area contributed by atoms with Crippen molar-refractivity contribution < 1.29 is 9.53 Å². The molecule has 0 radical (unpaired) electrons. The lowest BCUT2D eigenvalue weighted by Gasteiger charge is -2.32. The molecule has 5 heteroatoms. The number of rotatable bonds is 7. The number of carbonyl (C=O) groups excluding carboxylic acids is 1. The Balaban J connectivity index is 1.96. The molecule has 1 saturated heterocycles. The van der Waals surface area contributed by atoms with Crippen LogP contribution in [0, 0.1) is 0 Å². The van der Waals surface area contributed by atoms with E-state index in [9.17, 15) is 4.79 Å². The fourth-order valence-corrected chi connectivity index (χ4v) is 3.73. The van der Waals surface area contributed by atoms with Gasteiger partial charge in [0.25, 0.3) is 0 Å². The Kier molecular flexibility index (Phi) is 5.41. The zero-order chi connectivity index (χ0) is 14.6. The Hall–Kier alpha value is -0.650. The quantitative estimate of drug-likeness (QED) is 0.727. The Bertz CT molecular complexity index is 331. The van der Waals surface area contributed by atoms with Crippen LogP contribution < -0.4 is 11.1 Å². The first kappa shape index (κ1) is 15.7. The number of hydrogen-bond acceptors (Lipinski definition) is 4. The second kappa shape index (κ2) is 6.87. The van der Waals surface area contributed by atoms with Crippen LogP contribution in [0.1, 0.15) is 46.0 Å². The van der Waals surface area contributed by atoms with Crippen molar-refractivity contribution in [3.63, 3.8) is 0 Å². The Morgan fingerprint density at radius 2 is 2.25 bits per heavy atom. The van der Waals surface area contributed by atoms with Crippen LogP contribution in [0.4, 0.5) is 0 Å². The molecule has 0 aromatic heterocycles. The summed E-state index contributed by atoms with van der Waals surface area (Å²) in [5, 5.41) is 3.33. The molecule has 1 heterocycles. The van der Waals surface area contributed by atoms with Gasteiger partial charge in [-0.05, 0) is 45.2 Å². The van der Waals surface area contributed by atoms with E-state index in [4.69, 9.17) is 10.5 Å². The van der Waals surface area contributed by atoms with Gasteiger partial charge in [0.2, 0.25) is 5.91 Å². The Morgan fingerprint density at radius 3 is 2.80 bits per heavy atom. The van der Waals surface area contributed by atoms with Gasteiger partial charge in [-0.15, -0.1) is 0 Å². The molecule has 3 N–H and O–H groups in total. The van der Waals surface area contributed by atoms with Crippen molar-refractivity contribution in [1.29, 1.82) is 0 Å². The number of likely N-dealkylation sites (N-methyl/N-ethyl adjacent to an activating group) is 2. The lowest BCUT2D eigenvalue weighted by molar-refractivity contribution is -0.124. The molecule has 20 heavy (non-hydrogen) atoms. The fourth-order valence-electron chi connectivity index (χ4n) is 3.73. The highest BCUT2D eigenvalue weighted by Gasteiger charge is 2.45. The number of hydrogen-bond donors (Lipinski definition) is 2. The smallest absolute Gasteiger partial charge is 0.237 e. The van der Waals surface area contributed by atoms with Crippen molar-refractivity contribution >= 4 is 5.91 Å². The van der Waals surface area contributed by atoms with E-state index < -0.39 is 5.54 Å². The van der Waals surface area contributed by atoms with Crippen LogP contribution in [-0.4, -0.2) is 54.7 Å². The molecule has 0 bridgehead atoms. The van der Waals surface area contributed by atoms with Gasteiger partial charge < -0.3 is 15.8 Å². The first-order valence-electron chi connectivity index (χ1n) is 8.02. The van der Waals surface area contributed by atoms with Crippen molar-refractivity contribution in [2.75, 3.05) is 26.2 Å². The van der Waals surface area contributed by atoms with Crippen LogP contribution in [0.2, 0.25) is 0 Å². The second-order valence-corrected chi connectivity index (χ2v) is 6.10. The Morgan fingerprint density at radius 1 is 1.45 bits per heavy atom. The maximum atomic E-state index is 11.8. The standard InChI is InChI=1S/C15H29N3O2/c1-3-17-15(14(16)19)8-7-12(10-15)18(4-2)11-13-6-5-9-20-13/h12-13,17H,3-11H2,1-2H3,(H2,16,19). The van der Waals surface area contributed by atoms with Crippen molar-refractivity contribution in [3.8, 4) is 0 Å². The molecule has 116 valence electrons. The van der Waals surface area contributed by atoms with Gasteiger partial charge in [0.1, 0.15) is 0 Å². The van der Waals surface area contributed by atoms with Gasteiger partial charge in [0, 0.05) is 19.2 Å². The van der Waals surface area contributed by atoms with E-state index >= 15 is 0 Å². The van der Waals surface area contributed by atoms with E-state index in [0.29, 0.717) is 12.1 Å². The molecule has 3 atom stereocenters. The summed E-state index contributed by atoms with van der Waals surface area (Å²) in [6.07, 6.45) is 5.43. The molecular formula is C15H29N3O2. The highest BCUT2D eigenvalue weighted by molar-refractivity contribution is 5.85. The SMILES string of the molecule is CCNC1(C(N)=O)CCC(N(CC)CC2CCCO2)C1. The van der Waals surface area contributed by atoms with Crippen LogP contribution in [-0.2, 0) is 9.53 Å². The number of ether oxygens (including phenoxy) is 1. The van der Waals surface area contributed by atoms with Gasteiger partial charge in [-0.3, -0.25) is 9.69 Å². The van der Waals surface area contributed by atoms with E-state index in [2.05, 4.69) is 17.1 Å². The summed E-state index contributed by atoms with van der Waals surface area (Å²) in [4.78, 5) is 14.3. The third-order valence-electron chi connectivity index (χ3n) is 4.86. The number of nitrogens with zero attached hydrogens (tertiary/aromatic N) is 1. The van der Waals surface area contributed by atoms with E-state index in [1.165, 1.54) is 6.42 Å². The summed E-state index contributed by atoms with van der Waals surface area (Å²) in [5.74, 6) is -0.199. The molecule has 2 fully saturated rings. The molecule has 2 rings (SSSR count). The lowest BCUT2D eigenvalue weighted by Crippen LogP contribution is -2.54. The average Bonchev–Trinajstić information content (AvgIpc) is 3.06. The van der Waals surface area contributed by atoms with Gasteiger partial charge in [-0.1, -0.05) is 13.8 Å². The van der Waals surface area contributed by atoms with Crippen LogP contribution in [0.3, 0.4) is 0 Å². The van der Waals surface area contributed by atoms with E-state index in [1.54, 1.807) is 0 Å². The molecule has 1 aliphatic carbocycles. The van der Waals surface area contributed by atoms with Crippen LogP contribution in [0.5, 0.6) is 0 Å². The van der Waals surface area contributed by atoms with Crippen molar-refractivity contribution in [3.05, 3.63) is 0 Å². The zero-order valence-electron chi connectivity index (χ0n) is 12.9. The summed E-state index contributed by atoms with van der Waals surface area (Å²) in [6.45, 7) is 7.89. The fraction of sp³-hybridized carbons (Fsp3) is 0.933. The summed E-state index contributed by atoms with van der Waals surface area (Å²) >= 11 is 0. The minimum Gasteiger partial charge on any atom is -0.377 e. The van der Waals surface area contributed by atoms with E-state index in [0.717, 1.165) is 51.9 Å². The lowest BCUT2D eigenvalue weighted by atomic mass is 9.96. The van der Waals surface area contributed by atoms with Crippen LogP contribution in [0.15, 0.2) is 0 Å². The minimum absolute atomic E-state index is 0.199. The predicted molar refractivity (Wildman–Crippen MR) is 79.5 cm³/mol. The number of amides is 1. The first-order valence-corrected chi connectivity index (χ1v) is 8.02. The third kappa shape index (κ3) is 3.32. The average molecular weight is 283 g/mol. The number of primary amides is 1. The molecule has 1 aliphatic heterocycles. The molecule has 0 spiro atoms. The molecule has 5 nitrogen and oxygen atoms in total. The van der Waals surface area contributed by atoms with E-state index in [1.807, 2.05) is 6.92 Å². The van der Waals surface area contributed by atoms with Gasteiger partial charge in [0.05, 0.1) is 11.6 Å². The highest BCUT2D eigenvalue weighted by atomic mass is 16.5. The molecule has 1 saturated carbocycles. The summed E-state index contributed by atoms with van der Waals surface area (Å²) in [5.41, 5.74) is 5.14. The van der Waals surface area contributed by atoms with Gasteiger partial charge in [0.15, 0.2) is 0 Å². The number of nitrogens with two attached hydrogens (primary N) is 1. The van der Waals surface area contributed by atoms with E-state index in [-0.39, 0.29) is 5.91 Å². The van der Waals surface area contributed by atoms with Crippen molar-refractivity contribution in [2.24, 2.45) is 5.73 Å². The normalized spacial score (nSPS) is 34.0. The van der Waals surface area contributed by atoms with Crippen LogP contribution in [0.25, 0.3) is 0 Å². The van der Waals surface area contributed by atoms with Crippen LogP contribution >= 0.6 is 0 Å². The van der Waals surface area contributed by atoms with Crippen molar-refractivity contribution in [1.82, 2.24) is 10.2 Å². The molecule has 0 aromatic carbocycles. The molecule has 1 amide bonds. The second-order valence-electron chi connectivity index (χ2n) is 6.10. The zero-order valence-corrected chi connectivity index (χ0v) is 12.9. The summed E-state index contributed by atoms with van der Waals surface area (Å²) in [7, 11) is 0. The monoisotopic (exact) mass is 283 g/mol. The highest BCUT2D eigenvalue weighted by Crippen LogP contribution is 2.33. The molecule has 0 aromatic rings. The molecule has 3 unspecified atom stereocenters. The van der Waals surface area contributed by atoms with Gasteiger partial charge in [-0.25, -0.2) is 0 Å². The summed E-state index contributed by atoms with van der Waals surface area (Å²) in [6, 6.07) is 0.441. The predicted octanol–water partition coefficient (Wildman–Crippen LogP) is 0.873. The maximum Gasteiger partial charge on any atom is 0.237 e.